The molecule has 20 heavy (non-hydrogen) atoms. The van der Waals surface area contributed by atoms with E-state index in [1.165, 1.54) is 0 Å². The molecular formula is C16H26ClN3. The van der Waals surface area contributed by atoms with E-state index in [4.69, 9.17) is 11.6 Å². The van der Waals surface area contributed by atoms with E-state index in [2.05, 4.69) is 48.6 Å². The van der Waals surface area contributed by atoms with Crippen molar-refractivity contribution in [2.24, 2.45) is 5.92 Å². The molecule has 1 heterocycles. The number of nitrogens with one attached hydrogen (secondary N) is 1. The van der Waals surface area contributed by atoms with Gasteiger partial charge in [0.1, 0.15) is 5.82 Å². The van der Waals surface area contributed by atoms with Gasteiger partial charge >= 0.3 is 0 Å². The van der Waals surface area contributed by atoms with Crippen molar-refractivity contribution in [3.05, 3.63) is 35.5 Å². The summed E-state index contributed by atoms with van der Waals surface area (Å²) in [5, 5.41) is 4.14. The lowest BCUT2D eigenvalue weighted by molar-refractivity contribution is 0.552. The fraction of sp³-hybridized carbons (Fsp3) is 0.562. The Kier molecular flexibility index (Phi) is 7.63. The molecule has 0 unspecified atom stereocenters. The smallest absolute Gasteiger partial charge is 0.129 e. The summed E-state index contributed by atoms with van der Waals surface area (Å²) in [4.78, 5) is 6.66. The van der Waals surface area contributed by atoms with Crippen LogP contribution in [0.4, 0.5) is 5.82 Å². The predicted molar refractivity (Wildman–Crippen MR) is 88.5 cm³/mol. The highest BCUT2D eigenvalue weighted by molar-refractivity contribution is 6.31. The second kappa shape index (κ2) is 8.98. The van der Waals surface area contributed by atoms with Crippen molar-refractivity contribution in [2.75, 3.05) is 24.5 Å². The standard InChI is InChI=1S/C16H26ClN3/c1-5-7-20(8-6-2)16-9-14(15(17)12-19-16)11-18-10-13(3)4/h5,9,12-13,18H,1,6-8,10-11H2,2-4H3. The van der Waals surface area contributed by atoms with Gasteiger partial charge in [-0.25, -0.2) is 4.98 Å². The van der Waals surface area contributed by atoms with Crippen molar-refractivity contribution in [3.8, 4) is 0 Å². The zero-order valence-corrected chi connectivity index (χ0v) is 13.6. The summed E-state index contributed by atoms with van der Waals surface area (Å²) >= 11 is 6.23. The minimum absolute atomic E-state index is 0.632. The van der Waals surface area contributed by atoms with Crippen LogP contribution in [0.25, 0.3) is 0 Å². The molecule has 1 rings (SSSR count). The van der Waals surface area contributed by atoms with Crippen LogP contribution in [0.1, 0.15) is 32.8 Å². The van der Waals surface area contributed by atoms with E-state index >= 15 is 0 Å². The molecule has 4 heteroatoms. The van der Waals surface area contributed by atoms with E-state index in [0.29, 0.717) is 5.92 Å². The second-order valence-electron chi connectivity index (χ2n) is 5.39. The molecule has 0 aliphatic carbocycles. The average molecular weight is 296 g/mol. The number of pyridine rings is 1. The minimum atomic E-state index is 0.632. The first-order valence-corrected chi connectivity index (χ1v) is 7.67. The van der Waals surface area contributed by atoms with E-state index in [0.717, 1.165) is 49.0 Å². The third-order valence-corrected chi connectivity index (χ3v) is 3.30. The number of hydrogen-bond donors (Lipinski definition) is 1. The molecule has 0 aliphatic rings. The van der Waals surface area contributed by atoms with Gasteiger partial charge in [0.2, 0.25) is 0 Å². The molecule has 3 nitrogen and oxygen atoms in total. The van der Waals surface area contributed by atoms with Gasteiger partial charge in [0, 0.05) is 25.8 Å². The zero-order valence-electron chi connectivity index (χ0n) is 12.8. The lowest BCUT2D eigenvalue weighted by Crippen LogP contribution is -2.25. The van der Waals surface area contributed by atoms with Crippen LogP contribution in [0.2, 0.25) is 5.02 Å². The van der Waals surface area contributed by atoms with Crippen molar-refractivity contribution in [1.82, 2.24) is 10.3 Å². The van der Waals surface area contributed by atoms with Crippen LogP contribution in [0.5, 0.6) is 0 Å². The lowest BCUT2D eigenvalue weighted by atomic mass is 10.2. The molecule has 0 saturated carbocycles. The van der Waals surface area contributed by atoms with Gasteiger partial charge in [-0.2, -0.15) is 0 Å². The van der Waals surface area contributed by atoms with Gasteiger partial charge in [0.05, 0.1) is 5.02 Å². The van der Waals surface area contributed by atoms with Crippen LogP contribution in [0.15, 0.2) is 24.9 Å². The Morgan fingerprint density at radius 1 is 1.50 bits per heavy atom. The van der Waals surface area contributed by atoms with Crippen molar-refractivity contribution < 1.29 is 0 Å². The first kappa shape index (κ1) is 17.0. The van der Waals surface area contributed by atoms with E-state index in [1.54, 1.807) is 6.20 Å². The first-order valence-electron chi connectivity index (χ1n) is 7.29. The lowest BCUT2D eigenvalue weighted by Gasteiger charge is -2.22. The fourth-order valence-corrected chi connectivity index (χ4v) is 2.17. The van der Waals surface area contributed by atoms with Crippen LogP contribution in [-0.4, -0.2) is 24.6 Å². The predicted octanol–water partition coefficient (Wildman–Crippen LogP) is 3.88. The maximum Gasteiger partial charge on any atom is 0.129 e. The summed E-state index contributed by atoms with van der Waals surface area (Å²) in [5.41, 5.74) is 1.10. The zero-order chi connectivity index (χ0) is 15.0. The Balaban J connectivity index is 2.80. The molecule has 112 valence electrons. The molecule has 0 amide bonds. The monoisotopic (exact) mass is 295 g/mol. The number of aromatic nitrogens is 1. The number of halogens is 1. The summed E-state index contributed by atoms with van der Waals surface area (Å²) < 4.78 is 0. The van der Waals surface area contributed by atoms with E-state index < -0.39 is 0 Å². The SMILES string of the molecule is C=CCN(CCC)c1cc(CNCC(C)C)c(Cl)cn1. The topological polar surface area (TPSA) is 28.2 Å². The Hall–Kier alpha value is -1.06. The molecule has 0 aromatic carbocycles. The van der Waals surface area contributed by atoms with E-state index in [9.17, 15) is 0 Å². The Labute approximate surface area is 128 Å². The number of hydrogen-bond acceptors (Lipinski definition) is 3. The molecule has 0 aliphatic heterocycles. The van der Waals surface area contributed by atoms with Gasteiger partial charge in [0.15, 0.2) is 0 Å². The molecule has 0 fully saturated rings. The van der Waals surface area contributed by atoms with Crippen LogP contribution >= 0.6 is 11.6 Å². The number of anilines is 1. The summed E-state index contributed by atoms with van der Waals surface area (Å²) in [6, 6.07) is 2.08. The third-order valence-electron chi connectivity index (χ3n) is 2.96. The second-order valence-corrected chi connectivity index (χ2v) is 5.80. The van der Waals surface area contributed by atoms with Crippen LogP contribution in [-0.2, 0) is 6.54 Å². The number of rotatable bonds is 9. The molecule has 0 saturated heterocycles. The van der Waals surface area contributed by atoms with Crippen LogP contribution in [0.3, 0.4) is 0 Å². The average Bonchev–Trinajstić information content (AvgIpc) is 2.40. The molecule has 0 atom stereocenters. The maximum atomic E-state index is 6.23. The summed E-state index contributed by atoms with van der Waals surface area (Å²) in [7, 11) is 0. The van der Waals surface area contributed by atoms with Gasteiger partial charge in [-0.05, 0) is 30.5 Å². The van der Waals surface area contributed by atoms with Crippen LogP contribution in [0, 0.1) is 5.92 Å². The van der Waals surface area contributed by atoms with Gasteiger partial charge in [0.25, 0.3) is 0 Å². The third kappa shape index (κ3) is 5.51. The van der Waals surface area contributed by atoms with Gasteiger partial charge in [-0.3, -0.25) is 0 Å². The highest BCUT2D eigenvalue weighted by atomic mass is 35.5. The van der Waals surface area contributed by atoms with Gasteiger partial charge < -0.3 is 10.2 Å². The fourth-order valence-electron chi connectivity index (χ4n) is 2.00. The quantitative estimate of drug-likeness (QED) is 0.701. The highest BCUT2D eigenvalue weighted by Crippen LogP contribution is 2.20. The molecule has 1 aromatic rings. The first-order chi connectivity index (χ1) is 9.58. The van der Waals surface area contributed by atoms with E-state index in [1.807, 2.05) is 6.08 Å². The van der Waals surface area contributed by atoms with Crippen LogP contribution < -0.4 is 10.2 Å². The highest BCUT2D eigenvalue weighted by Gasteiger charge is 2.09. The maximum absolute atomic E-state index is 6.23. The number of nitrogens with zero attached hydrogens (tertiary/aromatic N) is 2. The summed E-state index contributed by atoms with van der Waals surface area (Å²) in [5.74, 6) is 1.60. The Morgan fingerprint density at radius 2 is 2.25 bits per heavy atom. The summed E-state index contributed by atoms with van der Waals surface area (Å²) in [6.07, 6.45) is 4.73. The summed E-state index contributed by atoms with van der Waals surface area (Å²) in [6.45, 7) is 13.9. The van der Waals surface area contributed by atoms with Crippen molar-refractivity contribution in [2.45, 2.75) is 33.7 Å². The van der Waals surface area contributed by atoms with Crippen molar-refractivity contribution >= 4 is 17.4 Å². The van der Waals surface area contributed by atoms with Crippen molar-refractivity contribution in [3.63, 3.8) is 0 Å². The minimum Gasteiger partial charge on any atom is -0.353 e. The normalized spacial score (nSPS) is 10.8. The molecular weight excluding hydrogens is 270 g/mol. The molecule has 0 spiro atoms. The molecule has 0 bridgehead atoms. The van der Waals surface area contributed by atoms with E-state index in [-0.39, 0.29) is 0 Å². The molecule has 1 N–H and O–H groups in total. The Bertz CT molecular complexity index is 418. The molecule has 1 aromatic heterocycles. The van der Waals surface area contributed by atoms with Gasteiger partial charge in [-0.15, -0.1) is 6.58 Å². The Morgan fingerprint density at radius 3 is 2.85 bits per heavy atom. The molecule has 0 radical (unpaired) electrons. The van der Waals surface area contributed by atoms with Crippen molar-refractivity contribution in [1.29, 1.82) is 0 Å². The largest absolute Gasteiger partial charge is 0.353 e. The van der Waals surface area contributed by atoms with Gasteiger partial charge in [-0.1, -0.05) is 38.4 Å².